The second kappa shape index (κ2) is 12.9. The van der Waals surface area contributed by atoms with Gasteiger partial charge in [-0.15, -0.1) is 0 Å². The Kier molecular flexibility index (Phi) is 10.1. The molecule has 21 heteroatoms. The van der Waals surface area contributed by atoms with E-state index in [-0.39, 0.29) is 17.1 Å². The summed E-state index contributed by atoms with van der Waals surface area (Å²) in [5.74, 6) is -3.60. The smallest absolute Gasteiger partial charge is 0.432 e. The van der Waals surface area contributed by atoms with Crippen molar-refractivity contribution < 1.29 is 70.6 Å². The van der Waals surface area contributed by atoms with Crippen molar-refractivity contribution in [1.82, 2.24) is 15.0 Å². The summed E-state index contributed by atoms with van der Waals surface area (Å²) in [6.45, 7) is 3.54. The minimum Gasteiger partial charge on any atom is -0.432 e. The summed E-state index contributed by atoms with van der Waals surface area (Å²) in [5.41, 5.74) is 2.23. The van der Waals surface area contributed by atoms with Crippen LogP contribution in [0.2, 0.25) is 0 Å². The Morgan fingerprint density at radius 2 is 1.71 bits per heavy atom. The number of H-pyrrole nitrogens is 2. The third-order valence-electron chi connectivity index (χ3n) is 5.39. The van der Waals surface area contributed by atoms with Gasteiger partial charge < -0.3 is 39.6 Å². The number of halogens is 1. The minimum atomic E-state index is -4.96. The summed E-state index contributed by atoms with van der Waals surface area (Å²) in [6, 6.07) is 0. The van der Waals surface area contributed by atoms with Crippen LogP contribution in [0.25, 0.3) is 11.2 Å². The SMILES string of the molecule is CC(C)OC(=O)OCOP(=O)(OCOC(=O)OC(C)C)OCC1(F)OC([n+]2c[nH]c3c(=O)[nH]c(N)nc32)C(C)(O)C1O. The molecule has 3 heterocycles. The number of carbonyl (C=O) groups excluding carboxylic acids is 2. The number of nitrogens with two attached hydrogens (primary N) is 1. The molecule has 42 heavy (non-hydrogen) atoms. The van der Waals surface area contributed by atoms with E-state index in [1.54, 1.807) is 0 Å². The number of carbonyl (C=O) groups is 2. The molecule has 2 aromatic heterocycles. The maximum absolute atomic E-state index is 16.0. The second-order valence-electron chi connectivity index (χ2n) is 9.55. The maximum Gasteiger partial charge on any atom is 0.510 e. The zero-order chi connectivity index (χ0) is 31.5. The lowest BCUT2D eigenvalue weighted by atomic mass is 9.95. The van der Waals surface area contributed by atoms with E-state index in [4.69, 9.17) is 33.5 Å². The highest BCUT2D eigenvalue weighted by atomic mass is 31.2. The van der Waals surface area contributed by atoms with Crippen LogP contribution in [0.15, 0.2) is 11.1 Å². The first-order valence-electron chi connectivity index (χ1n) is 12.2. The zero-order valence-electron chi connectivity index (χ0n) is 23.1. The molecule has 19 nitrogen and oxygen atoms in total. The van der Waals surface area contributed by atoms with Gasteiger partial charge in [-0.05, 0) is 34.6 Å². The fourth-order valence-corrected chi connectivity index (χ4v) is 4.49. The Morgan fingerprint density at radius 3 is 2.24 bits per heavy atom. The Hall–Kier alpha value is -3.39. The van der Waals surface area contributed by atoms with Crippen molar-refractivity contribution in [2.45, 2.75) is 70.6 Å². The van der Waals surface area contributed by atoms with Crippen LogP contribution in [0.5, 0.6) is 0 Å². The number of aliphatic hydroxyl groups excluding tert-OH is 1. The van der Waals surface area contributed by atoms with Crippen molar-refractivity contribution in [2.24, 2.45) is 0 Å². The van der Waals surface area contributed by atoms with Crippen molar-refractivity contribution >= 4 is 37.2 Å². The monoisotopic (exact) mass is 628 g/mol. The molecule has 236 valence electrons. The van der Waals surface area contributed by atoms with Gasteiger partial charge in [0, 0.05) is 0 Å². The van der Waals surface area contributed by atoms with E-state index in [0.717, 1.165) is 17.8 Å². The molecule has 3 rings (SSSR count). The molecular weight excluding hydrogens is 596 g/mol. The number of nitrogens with one attached hydrogen (secondary N) is 2. The first-order chi connectivity index (χ1) is 19.5. The molecule has 0 amide bonds. The molecule has 1 saturated heterocycles. The molecule has 0 aliphatic carbocycles. The van der Waals surface area contributed by atoms with Crippen LogP contribution in [0, 0.1) is 0 Å². The van der Waals surface area contributed by atoms with Crippen LogP contribution >= 0.6 is 7.82 Å². The maximum atomic E-state index is 16.0. The summed E-state index contributed by atoms with van der Waals surface area (Å²) in [5, 5.41) is 21.7. The number of aromatic amines is 2. The van der Waals surface area contributed by atoms with Gasteiger partial charge in [0.2, 0.25) is 25.3 Å². The molecule has 1 aliphatic rings. The lowest BCUT2D eigenvalue weighted by Gasteiger charge is -2.27. The summed E-state index contributed by atoms with van der Waals surface area (Å²) in [4.78, 5) is 44.1. The number of anilines is 1. The van der Waals surface area contributed by atoms with Crippen LogP contribution in [0.1, 0.15) is 40.8 Å². The number of ether oxygens (including phenoxy) is 5. The first kappa shape index (κ1) is 33.1. The third-order valence-corrected chi connectivity index (χ3v) is 6.68. The molecule has 1 aliphatic heterocycles. The molecule has 1 fully saturated rings. The molecule has 2 aromatic rings. The largest absolute Gasteiger partial charge is 0.510 e. The highest BCUT2D eigenvalue weighted by Crippen LogP contribution is 2.52. The van der Waals surface area contributed by atoms with Gasteiger partial charge in [0.05, 0.1) is 12.2 Å². The molecule has 0 saturated carbocycles. The minimum absolute atomic E-state index is 0.107. The van der Waals surface area contributed by atoms with Gasteiger partial charge in [0.1, 0.15) is 12.7 Å². The molecule has 0 aromatic carbocycles. The lowest BCUT2D eigenvalue weighted by molar-refractivity contribution is -0.754. The number of alkyl halides is 1. The van der Waals surface area contributed by atoms with E-state index in [1.165, 1.54) is 27.7 Å². The molecule has 4 atom stereocenters. The molecule has 0 bridgehead atoms. The number of aromatic nitrogens is 4. The molecule has 6 N–H and O–H groups in total. The van der Waals surface area contributed by atoms with Crippen LogP contribution in [-0.4, -0.2) is 87.4 Å². The van der Waals surface area contributed by atoms with Crippen LogP contribution in [0.4, 0.5) is 19.9 Å². The van der Waals surface area contributed by atoms with Gasteiger partial charge in [-0.25, -0.2) is 32.2 Å². The quantitative estimate of drug-likeness (QED) is 0.0934. The van der Waals surface area contributed by atoms with Gasteiger partial charge >= 0.3 is 25.8 Å². The van der Waals surface area contributed by atoms with Crippen molar-refractivity contribution in [2.75, 3.05) is 25.9 Å². The van der Waals surface area contributed by atoms with Gasteiger partial charge in [0.15, 0.2) is 11.9 Å². The third kappa shape index (κ3) is 7.71. The van der Waals surface area contributed by atoms with Crippen molar-refractivity contribution in [3.8, 4) is 0 Å². The van der Waals surface area contributed by atoms with E-state index in [0.29, 0.717) is 0 Å². The average molecular weight is 628 g/mol. The van der Waals surface area contributed by atoms with Gasteiger partial charge in [-0.3, -0.25) is 19.3 Å². The number of nitrogen functional groups attached to an aromatic ring is 1. The topological polar surface area (TPSA) is 257 Å². The Labute approximate surface area is 236 Å². The highest BCUT2D eigenvalue weighted by Gasteiger charge is 2.65. The number of phosphoric acid groups is 1. The number of aliphatic hydroxyl groups is 2. The summed E-state index contributed by atoms with van der Waals surface area (Å²) in [6.07, 6.45) is -6.55. The van der Waals surface area contributed by atoms with Gasteiger partial charge in [-0.2, -0.15) is 0 Å². The average Bonchev–Trinajstić information content (AvgIpc) is 3.35. The Morgan fingerprint density at radius 1 is 1.17 bits per heavy atom. The van der Waals surface area contributed by atoms with Crippen molar-refractivity contribution in [3.05, 3.63) is 16.7 Å². The Bertz CT molecular complexity index is 1350. The van der Waals surface area contributed by atoms with E-state index < -0.39 is 81.9 Å². The van der Waals surface area contributed by atoms with Crippen LogP contribution in [0.3, 0.4) is 0 Å². The van der Waals surface area contributed by atoms with Crippen LogP contribution < -0.4 is 15.9 Å². The van der Waals surface area contributed by atoms with Gasteiger partial charge in [0.25, 0.3) is 17.4 Å². The summed E-state index contributed by atoms with van der Waals surface area (Å²) in [7, 11) is -4.96. The molecule has 0 radical (unpaired) electrons. The predicted molar refractivity (Wildman–Crippen MR) is 133 cm³/mol. The number of hydrogen-bond acceptors (Lipinski definition) is 16. The molecular formula is C21H32FN5O14P+. The number of imidazole rings is 1. The van der Waals surface area contributed by atoms with E-state index in [9.17, 15) is 29.2 Å². The predicted octanol–water partition coefficient (Wildman–Crippen LogP) is 0.624. The van der Waals surface area contributed by atoms with E-state index >= 15 is 4.39 Å². The standard InChI is InChI=1S/C21H31FN5O14P/c1-10(2)39-18(30)34-8-37-42(33,38-9-35-19(31)40-11(3)4)36-6-21(22)15(29)20(5,32)16(41-21)27-7-24-12-13(27)25-17(23)26-14(12)28/h7,10-11,15-16,29,32H,6,8-9H2,1-5H3,(H3,23,25,26,28)/p+1. The van der Waals surface area contributed by atoms with Crippen molar-refractivity contribution in [1.29, 1.82) is 0 Å². The number of fused-ring (bicyclic) bond motifs is 1. The molecule has 4 unspecified atom stereocenters. The number of hydrogen-bond donors (Lipinski definition) is 5. The fraction of sp³-hybridized carbons (Fsp3) is 0.667. The first-order valence-corrected chi connectivity index (χ1v) is 13.7. The zero-order valence-corrected chi connectivity index (χ0v) is 24.0. The van der Waals surface area contributed by atoms with Crippen molar-refractivity contribution in [3.63, 3.8) is 0 Å². The highest BCUT2D eigenvalue weighted by molar-refractivity contribution is 7.48. The second-order valence-corrected chi connectivity index (χ2v) is 11.2. The van der Waals surface area contributed by atoms with E-state index in [1.807, 2.05) is 0 Å². The molecule has 0 spiro atoms. The lowest BCUT2D eigenvalue weighted by Crippen LogP contribution is -2.54. The summed E-state index contributed by atoms with van der Waals surface area (Å²) >= 11 is 0. The fourth-order valence-electron chi connectivity index (χ4n) is 3.57. The number of nitrogens with zero attached hydrogens (tertiary/aromatic N) is 2. The summed E-state index contributed by atoms with van der Waals surface area (Å²) < 4.78 is 68.7. The van der Waals surface area contributed by atoms with Crippen LogP contribution in [-0.2, 0) is 41.8 Å². The Balaban J connectivity index is 1.77. The number of rotatable bonds is 12. The normalized spacial score (nSPS) is 24.3. The van der Waals surface area contributed by atoms with E-state index in [2.05, 4.69) is 24.4 Å². The number of phosphoric ester groups is 1. The van der Waals surface area contributed by atoms with Gasteiger partial charge in [-0.1, -0.05) is 4.98 Å².